The van der Waals surface area contributed by atoms with Crippen LogP contribution in [0.5, 0.6) is 0 Å². The third-order valence-electron chi connectivity index (χ3n) is 4.13. The molecule has 0 bridgehead atoms. The summed E-state index contributed by atoms with van der Waals surface area (Å²) in [7, 11) is -3.24. The number of sulfonamides is 1. The third kappa shape index (κ3) is 4.32. The normalized spacial score (nSPS) is 16.4. The van der Waals surface area contributed by atoms with Crippen LogP contribution < -0.4 is 9.62 Å². The van der Waals surface area contributed by atoms with Gasteiger partial charge in [0.05, 0.1) is 11.4 Å². The van der Waals surface area contributed by atoms with Crippen LogP contribution in [-0.4, -0.2) is 26.6 Å². The Hall–Kier alpha value is -2.05. The minimum atomic E-state index is -3.24. The predicted molar refractivity (Wildman–Crippen MR) is 99.4 cm³/mol. The van der Waals surface area contributed by atoms with Crippen molar-refractivity contribution in [1.82, 2.24) is 5.32 Å². The molecule has 132 valence electrons. The molecule has 1 fully saturated rings. The second kappa shape index (κ2) is 7.45. The van der Waals surface area contributed by atoms with E-state index in [0.29, 0.717) is 35.8 Å². The van der Waals surface area contributed by atoms with Crippen molar-refractivity contribution in [3.05, 3.63) is 64.7 Å². The summed E-state index contributed by atoms with van der Waals surface area (Å²) in [5.74, 6) is -0.0286. The quantitative estimate of drug-likeness (QED) is 0.888. The minimum Gasteiger partial charge on any atom is -0.348 e. The Balaban J connectivity index is 1.65. The highest BCUT2D eigenvalue weighted by atomic mass is 35.5. The Bertz CT molecular complexity index is 849. The third-order valence-corrected chi connectivity index (χ3v) is 6.25. The van der Waals surface area contributed by atoms with Gasteiger partial charge in [0.25, 0.3) is 5.91 Å². The van der Waals surface area contributed by atoms with E-state index in [1.165, 1.54) is 4.31 Å². The molecule has 1 saturated heterocycles. The van der Waals surface area contributed by atoms with Crippen molar-refractivity contribution in [2.24, 2.45) is 0 Å². The molecule has 3 rings (SSSR count). The summed E-state index contributed by atoms with van der Waals surface area (Å²) in [6.45, 7) is 0.892. The standard InChI is InChI=1S/C18H19ClN2O3S/c19-16-7-3-14(4-8-16)13-20-18(22)15-5-9-17(10-6-15)21-11-1-2-12-25(21,23)24/h3-10H,1-2,11-13H2,(H,20,22). The number of hydrogen-bond donors (Lipinski definition) is 1. The molecule has 7 heteroatoms. The fraction of sp³-hybridized carbons (Fsp3) is 0.278. The Labute approximate surface area is 152 Å². The molecule has 2 aromatic carbocycles. The minimum absolute atomic E-state index is 0.177. The van der Waals surface area contributed by atoms with E-state index in [4.69, 9.17) is 11.6 Å². The number of halogens is 1. The fourth-order valence-corrected chi connectivity index (χ4v) is 4.51. The molecule has 5 nitrogen and oxygen atoms in total. The van der Waals surface area contributed by atoms with Crippen LogP contribution in [0.4, 0.5) is 5.69 Å². The Morgan fingerprint density at radius 1 is 1.04 bits per heavy atom. The Morgan fingerprint density at radius 3 is 2.36 bits per heavy atom. The van der Waals surface area contributed by atoms with Gasteiger partial charge >= 0.3 is 0 Å². The van der Waals surface area contributed by atoms with E-state index in [0.717, 1.165) is 12.0 Å². The highest BCUT2D eigenvalue weighted by molar-refractivity contribution is 7.92. The molecule has 0 spiro atoms. The number of anilines is 1. The number of rotatable bonds is 4. The number of nitrogens with zero attached hydrogens (tertiary/aromatic N) is 1. The maximum Gasteiger partial charge on any atom is 0.251 e. The zero-order chi connectivity index (χ0) is 17.9. The zero-order valence-corrected chi connectivity index (χ0v) is 15.2. The van der Waals surface area contributed by atoms with E-state index in [2.05, 4.69) is 5.32 Å². The fourth-order valence-electron chi connectivity index (χ4n) is 2.74. The number of benzene rings is 2. The van der Waals surface area contributed by atoms with Crippen molar-refractivity contribution >= 4 is 33.2 Å². The lowest BCUT2D eigenvalue weighted by atomic mass is 10.1. The summed E-state index contributed by atoms with van der Waals surface area (Å²) in [4.78, 5) is 12.2. The van der Waals surface area contributed by atoms with Crippen LogP contribution >= 0.6 is 11.6 Å². The van der Waals surface area contributed by atoms with Crippen molar-refractivity contribution < 1.29 is 13.2 Å². The Morgan fingerprint density at radius 2 is 1.72 bits per heavy atom. The van der Waals surface area contributed by atoms with Crippen molar-refractivity contribution in [3.8, 4) is 0 Å². The van der Waals surface area contributed by atoms with E-state index in [1.807, 2.05) is 12.1 Å². The van der Waals surface area contributed by atoms with E-state index in [-0.39, 0.29) is 11.7 Å². The van der Waals surface area contributed by atoms with Gasteiger partial charge in [0, 0.05) is 23.7 Å². The van der Waals surface area contributed by atoms with Crippen LogP contribution in [0, 0.1) is 0 Å². The molecule has 0 saturated carbocycles. The molecular weight excluding hydrogens is 360 g/mol. The summed E-state index contributed by atoms with van der Waals surface area (Å²) in [5, 5.41) is 3.49. The molecule has 25 heavy (non-hydrogen) atoms. The molecule has 1 N–H and O–H groups in total. The molecule has 0 aromatic heterocycles. The highest BCUT2D eigenvalue weighted by Crippen LogP contribution is 2.23. The topological polar surface area (TPSA) is 66.5 Å². The molecule has 0 aliphatic carbocycles. The number of hydrogen-bond acceptors (Lipinski definition) is 3. The lowest BCUT2D eigenvalue weighted by Crippen LogP contribution is -2.37. The molecule has 2 aromatic rings. The molecule has 0 atom stereocenters. The summed E-state index contributed by atoms with van der Waals surface area (Å²) >= 11 is 5.84. The molecule has 0 radical (unpaired) electrons. The largest absolute Gasteiger partial charge is 0.348 e. The van der Waals surface area contributed by atoms with Gasteiger partial charge in [-0.1, -0.05) is 23.7 Å². The van der Waals surface area contributed by atoms with Crippen LogP contribution in [0.15, 0.2) is 48.5 Å². The van der Waals surface area contributed by atoms with E-state index >= 15 is 0 Å². The van der Waals surface area contributed by atoms with Gasteiger partial charge in [-0.05, 0) is 54.8 Å². The first-order chi connectivity index (χ1) is 12.0. The van der Waals surface area contributed by atoms with Crippen LogP contribution in [0.25, 0.3) is 0 Å². The van der Waals surface area contributed by atoms with E-state index < -0.39 is 10.0 Å². The molecule has 1 heterocycles. The maximum atomic E-state index is 12.2. The van der Waals surface area contributed by atoms with Crippen molar-refractivity contribution in [1.29, 1.82) is 0 Å². The zero-order valence-electron chi connectivity index (χ0n) is 13.6. The monoisotopic (exact) mass is 378 g/mol. The van der Waals surface area contributed by atoms with Crippen molar-refractivity contribution in [2.75, 3.05) is 16.6 Å². The van der Waals surface area contributed by atoms with Crippen LogP contribution in [0.1, 0.15) is 28.8 Å². The molecule has 1 aliphatic rings. The number of carbonyl (C=O) groups excluding carboxylic acids is 1. The number of nitrogens with one attached hydrogen (secondary N) is 1. The van der Waals surface area contributed by atoms with Gasteiger partial charge in [-0.3, -0.25) is 9.10 Å². The number of carbonyl (C=O) groups is 1. The summed E-state index contributed by atoms with van der Waals surface area (Å²) < 4.78 is 25.7. The van der Waals surface area contributed by atoms with Gasteiger partial charge in [-0.25, -0.2) is 8.42 Å². The lowest BCUT2D eigenvalue weighted by Gasteiger charge is -2.28. The predicted octanol–water partition coefficient (Wildman–Crippen LogP) is 3.20. The van der Waals surface area contributed by atoms with Crippen LogP contribution in [0.3, 0.4) is 0 Å². The molecule has 1 aliphatic heterocycles. The van der Waals surface area contributed by atoms with Gasteiger partial charge in [-0.2, -0.15) is 0 Å². The van der Waals surface area contributed by atoms with Gasteiger partial charge in [0.15, 0.2) is 0 Å². The van der Waals surface area contributed by atoms with Gasteiger partial charge in [0.2, 0.25) is 10.0 Å². The van der Waals surface area contributed by atoms with Gasteiger partial charge in [-0.15, -0.1) is 0 Å². The Kier molecular flexibility index (Phi) is 5.30. The van der Waals surface area contributed by atoms with E-state index in [1.54, 1.807) is 36.4 Å². The molecular formula is C18H19ClN2O3S. The highest BCUT2D eigenvalue weighted by Gasteiger charge is 2.25. The lowest BCUT2D eigenvalue weighted by molar-refractivity contribution is 0.0951. The smallest absolute Gasteiger partial charge is 0.251 e. The molecule has 0 unspecified atom stereocenters. The maximum absolute atomic E-state index is 12.2. The SMILES string of the molecule is O=C(NCc1ccc(Cl)cc1)c1ccc(N2CCCCS2(=O)=O)cc1. The average molecular weight is 379 g/mol. The molecule has 1 amide bonds. The second-order valence-corrected chi connectivity index (χ2v) is 8.40. The first-order valence-corrected chi connectivity index (χ1v) is 10.1. The summed E-state index contributed by atoms with van der Waals surface area (Å²) in [5.41, 5.74) is 2.05. The van der Waals surface area contributed by atoms with Crippen LogP contribution in [-0.2, 0) is 16.6 Å². The average Bonchev–Trinajstić information content (AvgIpc) is 2.61. The second-order valence-electron chi connectivity index (χ2n) is 5.95. The first-order valence-electron chi connectivity index (χ1n) is 8.09. The van der Waals surface area contributed by atoms with Crippen LogP contribution in [0.2, 0.25) is 5.02 Å². The van der Waals surface area contributed by atoms with Crippen molar-refractivity contribution in [3.63, 3.8) is 0 Å². The van der Waals surface area contributed by atoms with Crippen molar-refractivity contribution in [2.45, 2.75) is 19.4 Å². The summed E-state index contributed by atoms with van der Waals surface area (Å²) in [6, 6.07) is 13.9. The van der Waals surface area contributed by atoms with E-state index in [9.17, 15) is 13.2 Å². The number of amides is 1. The first kappa shape index (κ1) is 17.8. The van der Waals surface area contributed by atoms with Gasteiger partial charge < -0.3 is 5.32 Å². The summed E-state index contributed by atoms with van der Waals surface area (Å²) in [6.07, 6.45) is 1.55. The van der Waals surface area contributed by atoms with Gasteiger partial charge in [0.1, 0.15) is 0 Å².